The molecule has 1 fully saturated rings. The standard InChI is InChI=1S/C12H15N3O4/c1-7-9(4-5-13-7)12(17)14-10-3-2-8(15(18)19)6-11(10)16/h2-3,6-7,9,13,16H,4-5H2,1H3,(H,14,17). The molecule has 2 unspecified atom stereocenters. The molecule has 102 valence electrons. The maximum Gasteiger partial charge on any atom is 0.273 e. The first kappa shape index (κ1) is 13.3. The molecule has 1 aromatic rings. The van der Waals surface area contributed by atoms with Gasteiger partial charge >= 0.3 is 0 Å². The van der Waals surface area contributed by atoms with Gasteiger partial charge < -0.3 is 15.7 Å². The molecular formula is C12H15N3O4. The van der Waals surface area contributed by atoms with Crippen LogP contribution in [0.2, 0.25) is 0 Å². The Kier molecular flexibility index (Phi) is 3.66. The molecule has 2 rings (SSSR count). The Labute approximate surface area is 109 Å². The number of aromatic hydroxyl groups is 1. The highest BCUT2D eigenvalue weighted by molar-refractivity contribution is 5.94. The molecule has 1 aliphatic rings. The van der Waals surface area contributed by atoms with Crippen molar-refractivity contribution in [2.24, 2.45) is 5.92 Å². The Hall–Kier alpha value is -2.15. The van der Waals surface area contributed by atoms with E-state index < -0.39 is 4.92 Å². The fourth-order valence-electron chi connectivity index (χ4n) is 2.18. The van der Waals surface area contributed by atoms with Gasteiger partial charge in [-0.3, -0.25) is 14.9 Å². The van der Waals surface area contributed by atoms with Crippen molar-refractivity contribution in [2.75, 3.05) is 11.9 Å². The van der Waals surface area contributed by atoms with Gasteiger partial charge in [-0.05, 0) is 26.0 Å². The van der Waals surface area contributed by atoms with Gasteiger partial charge in [0, 0.05) is 12.1 Å². The van der Waals surface area contributed by atoms with Crippen LogP contribution in [-0.2, 0) is 4.79 Å². The summed E-state index contributed by atoms with van der Waals surface area (Å²) in [6.45, 7) is 2.71. The van der Waals surface area contributed by atoms with Crippen molar-refractivity contribution in [1.29, 1.82) is 0 Å². The number of hydrogen-bond acceptors (Lipinski definition) is 5. The second kappa shape index (κ2) is 5.23. The number of rotatable bonds is 3. The number of non-ortho nitro benzene ring substituents is 1. The van der Waals surface area contributed by atoms with Gasteiger partial charge in [-0.1, -0.05) is 0 Å². The summed E-state index contributed by atoms with van der Waals surface area (Å²) >= 11 is 0. The monoisotopic (exact) mass is 265 g/mol. The van der Waals surface area contributed by atoms with Crippen molar-refractivity contribution >= 4 is 17.3 Å². The fourth-order valence-corrected chi connectivity index (χ4v) is 2.18. The normalized spacial score (nSPS) is 22.2. The highest BCUT2D eigenvalue weighted by Crippen LogP contribution is 2.29. The molecule has 0 spiro atoms. The number of carbonyl (C=O) groups excluding carboxylic acids is 1. The highest BCUT2D eigenvalue weighted by Gasteiger charge is 2.29. The number of nitrogens with zero attached hydrogens (tertiary/aromatic N) is 1. The summed E-state index contributed by atoms with van der Waals surface area (Å²) in [5.74, 6) is -0.655. The third-order valence-electron chi connectivity index (χ3n) is 3.31. The summed E-state index contributed by atoms with van der Waals surface area (Å²) in [5, 5.41) is 26.0. The molecule has 1 saturated heterocycles. The van der Waals surface area contributed by atoms with Crippen LogP contribution in [0.15, 0.2) is 18.2 Å². The predicted molar refractivity (Wildman–Crippen MR) is 69.0 cm³/mol. The smallest absolute Gasteiger partial charge is 0.273 e. The second-order valence-corrected chi connectivity index (χ2v) is 4.59. The Morgan fingerprint density at radius 1 is 1.58 bits per heavy atom. The van der Waals surface area contributed by atoms with Gasteiger partial charge in [-0.2, -0.15) is 0 Å². The van der Waals surface area contributed by atoms with E-state index in [4.69, 9.17) is 0 Å². The number of nitrogens with one attached hydrogen (secondary N) is 2. The van der Waals surface area contributed by atoms with Crippen molar-refractivity contribution in [3.05, 3.63) is 28.3 Å². The van der Waals surface area contributed by atoms with E-state index in [2.05, 4.69) is 10.6 Å². The lowest BCUT2D eigenvalue weighted by Crippen LogP contribution is -2.32. The number of nitro groups is 1. The van der Waals surface area contributed by atoms with E-state index in [0.717, 1.165) is 19.0 Å². The molecule has 0 aromatic heterocycles. The quantitative estimate of drug-likeness (QED) is 0.433. The lowest BCUT2D eigenvalue weighted by atomic mass is 10.0. The van der Waals surface area contributed by atoms with Gasteiger partial charge in [-0.25, -0.2) is 0 Å². The van der Waals surface area contributed by atoms with E-state index >= 15 is 0 Å². The van der Waals surface area contributed by atoms with E-state index in [-0.39, 0.29) is 35.0 Å². The van der Waals surface area contributed by atoms with Crippen molar-refractivity contribution < 1.29 is 14.8 Å². The zero-order chi connectivity index (χ0) is 14.0. The van der Waals surface area contributed by atoms with E-state index in [1.165, 1.54) is 12.1 Å². The summed E-state index contributed by atoms with van der Waals surface area (Å²) < 4.78 is 0. The summed E-state index contributed by atoms with van der Waals surface area (Å²) in [6, 6.07) is 3.68. The lowest BCUT2D eigenvalue weighted by Gasteiger charge is -2.15. The van der Waals surface area contributed by atoms with Crippen LogP contribution in [0, 0.1) is 16.0 Å². The molecule has 1 aromatic carbocycles. The molecular weight excluding hydrogens is 250 g/mol. The fraction of sp³-hybridized carbons (Fsp3) is 0.417. The number of nitro benzene ring substituents is 1. The Bertz CT molecular complexity index is 518. The van der Waals surface area contributed by atoms with E-state index in [1.807, 2.05) is 6.92 Å². The lowest BCUT2D eigenvalue weighted by molar-refractivity contribution is -0.384. The van der Waals surface area contributed by atoms with Crippen LogP contribution in [0.3, 0.4) is 0 Å². The zero-order valence-corrected chi connectivity index (χ0v) is 10.4. The molecule has 0 radical (unpaired) electrons. The third-order valence-corrected chi connectivity index (χ3v) is 3.31. The summed E-state index contributed by atoms with van der Waals surface area (Å²) in [7, 11) is 0. The number of carbonyl (C=O) groups is 1. The van der Waals surface area contributed by atoms with E-state index in [1.54, 1.807) is 0 Å². The molecule has 3 N–H and O–H groups in total. The molecule has 1 heterocycles. The molecule has 0 aliphatic carbocycles. The molecule has 7 heteroatoms. The first-order chi connectivity index (χ1) is 8.99. The SMILES string of the molecule is CC1NCCC1C(=O)Nc1ccc([N+](=O)[O-])cc1O. The van der Waals surface area contributed by atoms with Gasteiger partial charge in [0.1, 0.15) is 5.75 Å². The summed E-state index contributed by atoms with van der Waals surface area (Å²) in [5.41, 5.74) is -0.0268. The number of phenols is 1. The number of hydrogen-bond donors (Lipinski definition) is 3. The number of benzene rings is 1. The number of amides is 1. The zero-order valence-electron chi connectivity index (χ0n) is 10.4. The van der Waals surface area contributed by atoms with Gasteiger partial charge in [0.2, 0.25) is 5.91 Å². The molecule has 0 saturated carbocycles. The van der Waals surface area contributed by atoms with Gasteiger partial charge in [0.25, 0.3) is 5.69 Å². The van der Waals surface area contributed by atoms with Crippen molar-refractivity contribution in [2.45, 2.75) is 19.4 Å². The Morgan fingerprint density at radius 3 is 2.84 bits per heavy atom. The van der Waals surface area contributed by atoms with Crippen LogP contribution in [0.25, 0.3) is 0 Å². The van der Waals surface area contributed by atoms with Gasteiger partial charge in [0.15, 0.2) is 0 Å². The van der Waals surface area contributed by atoms with Gasteiger partial charge in [0.05, 0.1) is 22.6 Å². The average molecular weight is 265 g/mol. The van der Waals surface area contributed by atoms with Gasteiger partial charge in [-0.15, -0.1) is 0 Å². The van der Waals surface area contributed by atoms with Crippen LogP contribution in [0.5, 0.6) is 5.75 Å². The van der Waals surface area contributed by atoms with Crippen molar-refractivity contribution in [3.63, 3.8) is 0 Å². The minimum atomic E-state index is -0.603. The maximum atomic E-state index is 12.0. The predicted octanol–water partition coefficient (Wildman–Crippen LogP) is 1.24. The minimum Gasteiger partial charge on any atom is -0.506 e. The Balaban J connectivity index is 2.11. The van der Waals surface area contributed by atoms with Crippen LogP contribution in [0.4, 0.5) is 11.4 Å². The first-order valence-corrected chi connectivity index (χ1v) is 6.00. The average Bonchev–Trinajstić information content (AvgIpc) is 2.77. The molecule has 7 nitrogen and oxygen atoms in total. The molecule has 1 aliphatic heterocycles. The number of phenolic OH excluding ortho intramolecular Hbond substituents is 1. The van der Waals surface area contributed by atoms with Crippen molar-refractivity contribution in [3.8, 4) is 5.75 Å². The summed E-state index contributed by atoms with van der Waals surface area (Å²) in [4.78, 5) is 21.9. The second-order valence-electron chi connectivity index (χ2n) is 4.59. The minimum absolute atomic E-state index is 0.0835. The largest absolute Gasteiger partial charge is 0.506 e. The van der Waals surface area contributed by atoms with Crippen molar-refractivity contribution in [1.82, 2.24) is 5.32 Å². The molecule has 1 amide bonds. The molecule has 0 bridgehead atoms. The first-order valence-electron chi connectivity index (χ1n) is 6.00. The molecule has 2 atom stereocenters. The third kappa shape index (κ3) is 2.82. The number of anilines is 1. The Morgan fingerprint density at radius 2 is 2.32 bits per heavy atom. The van der Waals surface area contributed by atoms with Crippen LogP contribution < -0.4 is 10.6 Å². The molecule has 19 heavy (non-hydrogen) atoms. The van der Waals surface area contributed by atoms with Crippen LogP contribution >= 0.6 is 0 Å². The topological polar surface area (TPSA) is 104 Å². The highest BCUT2D eigenvalue weighted by atomic mass is 16.6. The van der Waals surface area contributed by atoms with E-state index in [0.29, 0.717) is 0 Å². The maximum absolute atomic E-state index is 12.0. The van der Waals surface area contributed by atoms with E-state index in [9.17, 15) is 20.0 Å². The summed E-state index contributed by atoms with van der Waals surface area (Å²) in [6.07, 6.45) is 0.737. The van der Waals surface area contributed by atoms with Crippen LogP contribution in [0.1, 0.15) is 13.3 Å². The van der Waals surface area contributed by atoms with Crippen LogP contribution in [-0.4, -0.2) is 28.5 Å².